The second kappa shape index (κ2) is 7.03. The molecule has 0 amide bonds. The Morgan fingerprint density at radius 2 is 1.97 bits per heavy atom. The highest BCUT2D eigenvalue weighted by molar-refractivity contribution is 5.82. The summed E-state index contributed by atoms with van der Waals surface area (Å²) < 4.78 is 22.6. The van der Waals surface area contributed by atoms with Gasteiger partial charge in [0.2, 0.25) is 0 Å². The molecule has 148 valence electrons. The topological polar surface area (TPSA) is 64.4 Å². The van der Waals surface area contributed by atoms with Crippen LogP contribution in [0.3, 0.4) is 0 Å². The largest absolute Gasteiger partial charge is 0.504 e. The van der Waals surface area contributed by atoms with Crippen LogP contribution in [0, 0.1) is 5.82 Å². The Hall–Kier alpha value is -3.15. The zero-order valence-electron chi connectivity index (χ0n) is 15.9. The second-order valence-corrected chi connectivity index (χ2v) is 7.71. The molecule has 0 saturated heterocycles. The molecule has 2 heterocycles. The normalized spacial score (nSPS) is 16.0. The van der Waals surface area contributed by atoms with E-state index in [1.165, 1.54) is 43.4 Å². The average Bonchev–Trinajstić information content (AvgIpc) is 3.38. The van der Waals surface area contributed by atoms with E-state index in [9.17, 15) is 14.3 Å². The number of carbonyl (C=O) groups is 1. The standard InChI is InChI=1S/C23H21FN2O3/c24-21-17(7-6-16(13-27)22(21)28)19-12-26-9-10-29-20-11-15(14-3-1-2-4-14)5-8-18(20)23(26)25-19/h5-8,11-14,28H,1-4,9-10H2. The van der Waals surface area contributed by atoms with Crippen LogP contribution >= 0.6 is 0 Å². The monoisotopic (exact) mass is 392 g/mol. The Kier molecular flexibility index (Phi) is 4.34. The number of rotatable bonds is 3. The minimum absolute atomic E-state index is 0.0785. The first-order valence-corrected chi connectivity index (χ1v) is 9.97. The van der Waals surface area contributed by atoms with Crippen LogP contribution in [0.1, 0.15) is 47.5 Å². The van der Waals surface area contributed by atoms with E-state index < -0.39 is 11.6 Å². The Balaban J connectivity index is 1.57. The van der Waals surface area contributed by atoms with Crippen molar-refractivity contribution in [1.82, 2.24) is 9.55 Å². The van der Waals surface area contributed by atoms with E-state index in [1.807, 2.05) is 10.6 Å². The van der Waals surface area contributed by atoms with E-state index in [0.29, 0.717) is 36.9 Å². The predicted molar refractivity (Wildman–Crippen MR) is 107 cm³/mol. The molecule has 3 aromatic rings. The number of aromatic nitrogens is 2. The van der Waals surface area contributed by atoms with Crippen LogP contribution in [0.4, 0.5) is 4.39 Å². The number of benzene rings is 2. The first-order valence-electron chi connectivity index (χ1n) is 9.97. The van der Waals surface area contributed by atoms with E-state index in [2.05, 4.69) is 17.1 Å². The quantitative estimate of drug-likeness (QED) is 0.643. The van der Waals surface area contributed by atoms with E-state index in [1.54, 1.807) is 6.20 Å². The van der Waals surface area contributed by atoms with Gasteiger partial charge < -0.3 is 14.4 Å². The lowest BCUT2D eigenvalue weighted by molar-refractivity contribution is 0.112. The number of aldehydes is 1. The number of imidazole rings is 1. The summed E-state index contributed by atoms with van der Waals surface area (Å²) in [4.78, 5) is 15.6. The van der Waals surface area contributed by atoms with E-state index in [0.717, 1.165) is 11.3 Å². The molecular weight excluding hydrogens is 371 g/mol. The molecule has 1 saturated carbocycles. The van der Waals surface area contributed by atoms with Gasteiger partial charge in [0.25, 0.3) is 0 Å². The fourth-order valence-corrected chi connectivity index (χ4v) is 4.41. The van der Waals surface area contributed by atoms with Crippen molar-refractivity contribution in [2.75, 3.05) is 6.61 Å². The number of phenols is 1. The molecule has 0 atom stereocenters. The molecule has 1 N–H and O–H groups in total. The zero-order chi connectivity index (χ0) is 20.0. The molecule has 0 radical (unpaired) electrons. The summed E-state index contributed by atoms with van der Waals surface area (Å²) >= 11 is 0. The summed E-state index contributed by atoms with van der Waals surface area (Å²) in [5.41, 5.74) is 2.69. The summed E-state index contributed by atoms with van der Waals surface area (Å²) in [5, 5.41) is 9.92. The maximum Gasteiger partial charge on any atom is 0.174 e. The Bertz CT molecular complexity index is 1100. The van der Waals surface area contributed by atoms with Crippen LogP contribution in [0.25, 0.3) is 22.6 Å². The number of carbonyl (C=O) groups excluding carboxylic acids is 1. The molecule has 1 fully saturated rings. The number of hydrogen-bond donors (Lipinski definition) is 1. The Morgan fingerprint density at radius 1 is 1.17 bits per heavy atom. The Morgan fingerprint density at radius 3 is 2.76 bits per heavy atom. The van der Waals surface area contributed by atoms with E-state index in [-0.39, 0.29) is 11.1 Å². The molecule has 0 unspecified atom stereocenters. The third-order valence-electron chi connectivity index (χ3n) is 5.99. The average molecular weight is 392 g/mol. The minimum atomic E-state index is -0.837. The van der Waals surface area contributed by atoms with Gasteiger partial charge in [0.15, 0.2) is 17.9 Å². The van der Waals surface area contributed by atoms with Crippen molar-refractivity contribution in [3.05, 3.63) is 53.5 Å². The van der Waals surface area contributed by atoms with Crippen LogP contribution in [0.5, 0.6) is 11.5 Å². The van der Waals surface area contributed by atoms with Gasteiger partial charge in [-0.1, -0.05) is 18.9 Å². The van der Waals surface area contributed by atoms with Gasteiger partial charge in [-0.2, -0.15) is 0 Å². The summed E-state index contributed by atoms with van der Waals surface area (Å²) in [6.07, 6.45) is 7.18. The van der Waals surface area contributed by atoms with Crippen molar-refractivity contribution in [3.63, 3.8) is 0 Å². The molecule has 1 aromatic heterocycles. The third-order valence-corrected chi connectivity index (χ3v) is 5.99. The van der Waals surface area contributed by atoms with Gasteiger partial charge in [0.05, 0.1) is 23.4 Å². The summed E-state index contributed by atoms with van der Waals surface area (Å²) in [6.45, 7) is 1.09. The fraction of sp³-hybridized carbons (Fsp3) is 0.304. The van der Waals surface area contributed by atoms with Crippen molar-refractivity contribution in [2.24, 2.45) is 0 Å². The minimum Gasteiger partial charge on any atom is -0.504 e. The number of phenolic OH excluding ortho intramolecular Hbond substituents is 1. The number of fused-ring (bicyclic) bond motifs is 3. The van der Waals surface area contributed by atoms with Crippen molar-refractivity contribution < 1.29 is 19.0 Å². The molecule has 0 bridgehead atoms. The number of nitrogens with zero attached hydrogens (tertiary/aromatic N) is 2. The third kappa shape index (κ3) is 2.99. The van der Waals surface area contributed by atoms with Crippen LogP contribution in [-0.2, 0) is 6.54 Å². The highest BCUT2D eigenvalue weighted by atomic mass is 19.1. The number of ether oxygens (including phenoxy) is 1. The molecule has 6 heteroatoms. The maximum atomic E-state index is 14.6. The molecule has 0 spiro atoms. The lowest BCUT2D eigenvalue weighted by atomic mass is 9.96. The zero-order valence-corrected chi connectivity index (χ0v) is 15.9. The molecule has 2 aromatic carbocycles. The van der Waals surface area contributed by atoms with Gasteiger partial charge in [-0.15, -0.1) is 0 Å². The highest BCUT2D eigenvalue weighted by Gasteiger charge is 2.24. The van der Waals surface area contributed by atoms with Crippen molar-refractivity contribution >= 4 is 6.29 Å². The number of halogens is 1. The predicted octanol–water partition coefficient (Wildman–Crippen LogP) is 4.92. The summed E-state index contributed by atoms with van der Waals surface area (Å²) in [6, 6.07) is 9.19. The number of aromatic hydroxyl groups is 1. The van der Waals surface area contributed by atoms with Crippen molar-refractivity contribution in [1.29, 1.82) is 0 Å². The van der Waals surface area contributed by atoms with Gasteiger partial charge in [-0.3, -0.25) is 4.79 Å². The van der Waals surface area contributed by atoms with Crippen LogP contribution in [0.2, 0.25) is 0 Å². The van der Waals surface area contributed by atoms with Crippen LogP contribution in [0.15, 0.2) is 36.5 Å². The fourth-order valence-electron chi connectivity index (χ4n) is 4.41. The molecule has 5 rings (SSSR count). The molecule has 29 heavy (non-hydrogen) atoms. The highest BCUT2D eigenvalue weighted by Crippen LogP contribution is 2.40. The Labute approximate surface area is 167 Å². The number of hydrogen-bond acceptors (Lipinski definition) is 4. The van der Waals surface area contributed by atoms with Crippen molar-refractivity contribution in [2.45, 2.75) is 38.1 Å². The van der Waals surface area contributed by atoms with Gasteiger partial charge >= 0.3 is 0 Å². The lowest BCUT2D eigenvalue weighted by Gasteiger charge is -2.13. The van der Waals surface area contributed by atoms with Gasteiger partial charge in [0, 0.05) is 11.8 Å². The maximum absolute atomic E-state index is 14.6. The SMILES string of the molecule is O=Cc1ccc(-c2cn3c(n2)-c2ccc(C4CCCC4)cc2OCC3)c(F)c1O. The van der Waals surface area contributed by atoms with Gasteiger partial charge in [-0.05, 0) is 48.6 Å². The van der Waals surface area contributed by atoms with Crippen molar-refractivity contribution in [3.8, 4) is 34.1 Å². The summed E-state index contributed by atoms with van der Waals surface area (Å²) in [7, 11) is 0. The van der Waals surface area contributed by atoms with Crippen LogP contribution < -0.4 is 4.74 Å². The smallest absolute Gasteiger partial charge is 0.174 e. The molecule has 5 nitrogen and oxygen atoms in total. The summed E-state index contributed by atoms with van der Waals surface area (Å²) in [5.74, 6) is 0.631. The first-order chi connectivity index (χ1) is 14.2. The molecule has 1 aliphatic heterocycles. The first kappa shape index (κ1) is 17.9. The van der Waals surface area contributed by atoms with E-state index >= 15 is 0 Å². The molecule has 1 aliphatic carbocycles. The molecular formula is C23H21FN2O3. The molecule has 2 aliphatic rings. The van der Waals surface area contributed by atoms with E-state index in [4.69, 9.17) is 4.74 Å². The second-order valence-electron chi connectivity index (χ2n) is 7.71. The lowest BCUT2D eigenvalue weighted by Crippen LogP contribution is -2.04. The van der Waals surface area contributed by atoms with Gasteiger partial charge in [-0.25, -0.2) is 9.37 Å². The van der Waals surface area contributed by atoms with Gasteiger partial charge in [0.1, 0.15) is 18.2 Å². The van der Waals surface area contributed by atoms with Crippen LogP contribution in [-0.4, -0.2) is 27.6 Å².